The molecule has 1 rings (SSSR count). The summed E-state index contributed by atoms with van der Waals surface area (Å²) < 4.78 is 33.4. The molecule has 58 heavy (non-hydrogen) atoms. The van der Waals surface area contributed by atoms with Gasteiger partial charge in [-0.25, -0.2) is 4.57 Å². The number of phosphoric ester groups is 1. The third-order valence-electron chi connectivity index (χ3n) is 9.89. The van der Waals surface area contributed by atoms with Crippen LogP contribution in [0.15, 0.2) is 48.6 Å². The molecule has 0 aromatic carbocycles. The van der Waals surface area contributed by atoms with E-state index in [2.05, 4.69) is 62.5 Å². The van der Waals surface area contributed by atoms with Crippen LogP contribution in [0.3, 0.4) is 0 Å². The molecular weight excluding hydrogens is 767 g/mol. The zero-order valence-corrected chi connectivity index (χ0v) is 36.2. The first kappa shape index (κ1) is 53.8. The Balaban J connectivity index is 2.51. The second-order valence-electron chi connectivity index (χ2n) is 15.2. The molecule has 1 aliphatic carbocycles. The van der Waals surface area contributed by atoms with Crippen LogP contribution in [0, 0.1) is 0 Å². The molecule has 0 heterocycles. The fourth-order valence-electron chi connectivity index (χ4n) is 6.27. The number of aliphatic hydroxyl groups is 5. The molecule has 0 radical (unpaired) electrons. The van der Waals surface area contributed by atoms with Crippen molar-refractivity contribution < 1.29 is 63.1 Å². The molecule has 0 bridgehead atoms. The van der Waals surface area contributed by atoms with Crippen LogP contribution in [0.5, 0.6) is 0 Å². The number of phosphoric acid groups is 1. The number of allylic oxidation sites excluding steroid dienone is 8. The summed E-state index contributed by atoms with van der Waals surface area (Å²) in [5, 5.41) is 50.1. The average molecular weight is 845 g/mol. The maximum atomic E-state index is 12.8. The van der Waals surface area contributed by atoms with E-state index in [4.69, 9.17) is 18.5 Å². The van der Waals surface area contributed by atoms with Gasteiger partial charge in [0.2, 0.25) is 0 Å². The lowest BCUT2D eigenvalue weighted by Gasteiger charge is -2.41. The molecule has 13 nitrogen and oxygen atoms in total. The van der Waals surface area contributed by atoms with E-state index < -0.39 is 75.7 Å². The molecule has 1 fully saturated rings. The number of aliphatic hydroxyl groups excluding tert-OH is 5. The van der Waals surface area contributed by atoms with E-state index in [9.17, 15) is 44.6 Å². The van der Waals surface area contributed by atoms with E-state index in [0.29, 0.717) is 12.8 Å². The van der Waals surface area contributed by atoms with Gasteiger partial charge in [-0.2, -0.15) is 0 Å². The number of carbonyl (C=O) groups is 2. The molecule has 0 amide bonds. The Kier molecular flexibility index (Phi) is 32.0. The topological polar surface area (TPSA) is 210 Å². The van der Waals surface area contributed by atoms with E-state index in [-0.39, 0.29) is 12.8 Å². The van der Waals surface area contributed by atoms with Gasteiger partial charge in [0.25, 0.3) is 0 Å². The number of esters is 2. The Morgan fingerprint density at radius 2 is 0.948 bits per heavy atom. The highest BCUT2D eigenvalue weighted by molar-refractivity contribution is 7.47. The quantitative estimate of drug-likeness (QED) is 0.0155. The molecule has 0 spiro atoms. The molecule has 0 saturated heterocycles. The predicted molar refractivity (Wildman–Crippen MR) is 226 cm³/mol. The van der Waals surface area contributed by atoms with Crippen molar-refractivity contribution in [2.24, 2.45) is 0 Å². The Labute approximate surface area is 348 Å². The van der Waals surface area contributed by atoms with Gasteiger partial charge in [0.05, 0.1) is 6.61 Å². The second-order valence-corrected chi connectivity index (χ2v) is 16.6. The van der Waals surface area contributed by atoms with E-state index in [1.807, 2.05) is 0 Å². The first-order valence-electron chi connectivity index (χ1n) is 21.9. The Bertz CT molecular complexity index is 1210. The first-order chi connectivity index (χ1) is 27.9. The van der Waals surface area contributed by atoms with Crippen molar-refractivity contribution in [3.8, 4) is 0 Å². The molecule has 6 unspecified atom stereocenters. The van der Waals surface area contributed by atoms with Crippen LogP contribution >= 0.6 is 7.82 Å². The number of hydrogen-bond donors (Lipinski definition) is 6. The maximum Gasteiger partial charge on any atom is 0.472 e. The highest BCUT2D eigenvalue weighted by Crippen LogP contribution is 2.47. The number of rotatable bonds is 35. The fraction of sp³-hybridized carbons (Fsp3) is 0.773. The lowest BCUT2D eigenvalue weighted by molar-refractivity contribution is -0.220. The van der Waals surface area contributed by atoms with E-state index in [0.717, 1.165) is 89.9 Å². The smallest absolute Gasteiger partial charge is 0.462 e. The van der Waals surface area contributed by atoms with Crippen LogP contribution in [0.2, 0.25) is 0 Å². The van der Waals surface area contributed by atoms with E-state index in [1.165, 1.54) is 32.1 Å². The summed E-state index contributed by atoms with van der Waals surface area (Å²) in [5.41, 5.74) is 0. The minimum Gasteiger partial charge on any atom is -0.462 e. The zero-order valence-electron chi connectivity index (χ0n) is 35.3. The van der Waals surface area contributed by atoms with Gasteiger partial charge in [0, 0.05) is 12.8 Å². The van der Waals surface area contributed by atoms with Crippen molar-refractivity contribution in [2.75, 3.05) is 13.2 Å². The summed E-state index contributed by atoms with van der Waals surface area (Å²) in [6.07, 6.45) is 25.9. The Morgan fingerprint density at radius 3 is 1.45 bits per heavy atom. The molecule has 0 aromatic heterocycles. The first-order valence-corrected chi connectivity index (χ1v) is 23.4. The molecule has 6 N–H and O–H groups in total. The van der Waals surface area contributed by atoms with Crippen LogP contribution in [-0.4, -0.2) is 98.3 Å². The summed E-state index contributed by atoms with van der Waals surface area (Å²) in [5.74, 6) is -1.14. The molecule has 1 saturated carbocycles. The lowest BCUT2D eigenvalue weighted by Crippen LogP contribution is -2.64. The van der Waals surface area contributed by atoms with Crippen LogP contribution in [0.25, 0.3) is 0 Å². The molecule has 6 atom stereocenters. The summed E-state index contributed by atoms with van der Waals surface area (Å²) in [7, 11) is -5.12. The van der Waals surface area contributed by atoms with Gasteiger partial charge in [-0.1, -0.05) is 127 Å². The number of hydrogen-bond acceptors (Lipinski definition) is 12. The van der Waals surface area contributed by atoms with Gasteiger partial charge < -0.3 is 39.9 Å². The minimum absolute atomic E-state index is 0.0761. The SMILES string of the molecule is CCCC/C=C\C/C=C\CCCCCCCC(=O)OCC(COP(=O)(O)OC1C(O)C(O)C(O)C(O)C1O)OC(=O)CCCCCCC/C=C\C/C=C\CCCCC. The molecular formula is C44H77O13P. The summed E-state index contributed by atoms with van der Waals surface area (Å²) in [4.78, 5) is 35.6. The van der Waals surface area contributed by atoms with Crippen molar-refractivity contribution in [3.05, 3.63) is 48.6 Å². The second kappa shape index (κ2) is 34.5. The van der Waals surface area contributed by atoms with Crippen LogP contribution < -0.4 is 0 Å². The van der Waals surface area contributed by atoms with Crippen molar-refractivity contribution in [3.63, 3.8) is 0 Å². The Morgan fingerprint density at radius 1 is 0.534 bits per heavy atom. The molecule has 336 valence electrons. The van der Waals surface area contributed by atoms with Crippen LogP contribution in [-0.2, 0) is 32.7 Å². The fourth-order valence-corrected chi connectivity index (χ4v) is 7.25. The van der Waals surface area contributed by atoms with Crippen molar-refractivity contribution in [1.82, 2.24) is 0 Å². The van der Waals surface area contributed by atoms with E-state index in [1.54, 1.807) is 0 Å². The highest BCUT2D eigenvalue weighted by atomic mass is 31.2. The predicted octanol–water partition coefficient (Wildman–Crippen LogP) is 8.00. The van der Waals surface area contributed by atoms with Gasteiger partial charge in [0.15, 0.2) is 6.10 Å². The van der Waals surface area contributed by atoms with E-state index >= 15 is 0 Å². The average Bonchev–Trinajstić information content (AvgIpc) is 3.20. The summed E-state index contributed by atoms with van der Waals surface area (Å²) in [6.45, 7) is 3.19. The minimum atomic E-state index is -5.12. The summed E-state index contributed by atoms with van der Waals surface area (Å²) >= 11 is 0. The number of carbonyl (C=O) groups excluding carboxylic acids is 2. The van der Waals surface area contributed by atoms with Gasteiger partial charge >= 0.3 is 19.8 Å². The molecule has 14 heteroatoms. The van der Waals surface area contributed by atoms with Crippen LogP contribution in [0.4, 0.5) is 0 Å². The largest absolute Gasteiger partial charge is 0.472 e. The molecule has 0 aromatic rings. The third-order valence-corrected chi connectivity index (χ3v) is 10.9. The third kappa shape index (κ3) is 26.8. The van der Waals surface area contributed by atoms with Crippen molar-refractivity contribution >= 4 is 19.8 Å². The van der Waals surface area contributed by atoms with Gasteiger partial charge in [-0.15, -0.1) is 0 Å². The van der Waals surface area contributed by atoms with Crippen molar-refractivity contribution in [2.45, 2.75) is 204 Å². The lowest BCUT2D eigenvalue weighted by atomic mass is 9.85. The standard InChI is InChI=1S/C44H77O13P/c1-3-5-7-9-11-13-15-17-19-21-23-25-27-29-31-33-38(46)56-36(35-55-58(52,53)57-44-42(50)40(48)39(47)41(49)43(44)51)34-54-37(45)32-30-28-26-24-22-20-18-16-14-12-10-8-6-4-2/h10-13,16-19,36,39-44,47-51H,3-9,14-15,20-35H2,1-2H3,(H,52,53)/b12-10-,13-11-,18-16-,19-17-. The Hall–Kier alpha value is -2.19. The van der Waals surface area contributed by atoms with Crippen molar-refractivity contribution in [1.29, 1.82) is 0 Å². The monoisotopic (exact) mass is 845 g/mol. The highest BCUT2D eigenvalue weighted by Gasteiger charge is 2.51. The van der Waals surface area contributed by atoms with Gasteiger partial charge in [0.1, 0.15) is 43.2 Å². The number of unbranched alkanes of at least 4 members (excludes halogenated alkanes) is 15. The summed E-state index contributed by atoms with van der Waals surface area (Å²) in [6, 6.07) is 0. The zero-order chi connectivity index (χ0) is 42.9. The molecule has 0 aliphatic heterocycles. The van der Waals surface area contributed by atoms with Gasteiger partial charge in [-0.05, 0) is 70.6 Å². The van der Waals surface area contributed by atoms with Crippen LogP contribution in [0.1, 0.15) is 162 Å². The number of ether oxygens (including phenoxy) is 2. The normalized spacial score (nSPS) is 23.0. The molecule has 1 aliphatic rings. The van der Waals surface area contributed by atoms with Gasteiger partial charge in [-0.3, -0.25) is 18.6 Å². The maximum absolute atomic E-state index is 12.8.